The lowest BCUT2D eigenvalue weighted by Crippen LogP contribution is -2.42. The summed E-state index contributed by atoms with van der Waals surface area (Å²) < 4.78 is 5.10. The average Bonchev–Trinajstić information content (AvgIpc) is 3.02. The van der Waals surface area contributed by atoms with Crippen LogP contribution in [-0.2, 0) is 14.3 Å². The number of thioether (sulfide) groups is 1. The Bertz CT molecular complexity index is 811. The topological polar surface area (TPSA) is 132 Å². The molecule has 4 amide bonds. The molecule has 0 bridgehead atoms. The van der Waals surface area contributed by atoms with Crippen LogP contribution in [0.4, 0.5) is 4.79 Å². The van der Waals surface area contributed by atoms with Gasteiger partial charge in [-0.05, 0) is 38.8 Å². The number of esters is 1. The Balaban J connectivity index is 2.02. The van der Waals surface area contributed by atoms with Crippen LogP contribution in [0.2, 0.25) is 0 Å². The maximum atomic E-state index is 12.1. The number of amides is 4. The first kappa shape index (κ1) is 20.7. The summed E-state index contributed by atoms with van der Waals surface area (Å²) in [5.41, 5.74) is 8.03. The lowest BCUT2D eigenvalue weighted by Gasteiger charge is -2.18. The number of urea groups is 1. The SMILES string of the molecule is Cc1nc(SCC(=O)O[C@@H](C)C(=O)N2CCNC2=O)c(C(N)=O)c(C)c1C. The first-order valence-corrected chi connectivity index (χ1v) is 9.31. The van der Waals surface area contributed by atoms with Crippen molar-refractivity contribution in [2.75, 3.05) is 18.8 Å². The molecule has 146 valence electrons. The number of imide groups is 1. The fourth-order valence-electron chi connectivity index (χ4n) is 2.62. The summed E-state index contributed by atoms with van der Waals surface area (Å²) in [5.74, 6) is -2.02. The van der Waals surface area contributed by atoms with Gasteiger partial charge in [0.2, 0.25) is 0 Å². The molecule has 1 aromatic heterocycles. The predicted molar refractivity (Wildman–Crippen MR) is 98.4 cm³/mol. The van der Waals surface area contributed by atoms with Crippen LogP contribution in [0.3, 0.4) is 0 Å². The second-order valence-corrected chi connectivity index (χ2v) is 7.10. The van der Waals surface area contributed by atoms with Crippen molar-refractivity contribution in [3.8, 4) is 0 Å². The molecule has 10 heteroatoms. The van der Waals surface area contributed by atoms with E-state index in [0.717, 1.165) is 33.5 Å². The zero-order valence-corrected chi connectivity index (χ0v) is 16.4. The van der Waals surface area contributed by atoms with Crippen molar-refractivity contribution in [2.45, 2.75) is 38.8 Å². The highest BCUT2D eigenvalue weighted by Crippen LogP contribution is 2.27. The van der Waals surface area contributed by atoms with E-state index in [0.29, 0.717) is 11.6 Å². The summed E-state index contributed by atoms with van der Waals surface area (Å²) >= 11 is 1.02. The minimum atomic E-state index is -1.09. The Hall–Kier alpha value is -2.62. The van der Waals surface area contributed by atoms with Crippen LogP contribution in [0.1, 0.15) is 34.1 Å². The third-order valence-corrected chi connectivity index (χ3v) is 5.26. The Morgan fingerprint density at radius 1 is 1.30 bits per heavy atom. The van der Waals surface area contributed by atoms with Gasteiger partial charge in [0, 0.05) is 18.8 Å². The number of carbonyl (C=O) groups is 4. The van der Waals surface area contributed by atoms with E-state index in [1.165, 1.54) is 6.92 Å². The molecule has 0 saturated carbocycles. The van der Waals surface area contributed by atoms with Gasteiger partial charge >= 0.3 is 12.0 Å². The summed E-state index contributed by atoms with van der Waals surface area (Å²) in [7, 11) is 0. The van der Waals surface area contributed by atoms with Crippen LogP contribution in [0.5, 0.6) is 0 Å². The maximum absolute atomic E-state index is 12.1. The van der Waals surface area contributed by atoms with Crippen molar-refractivity contribution in [2.24, 2.45) is 5.73 Å². The number of nitrogens with one attached hydrogen (secondary N) is 1. The highest BCUT2D eigenvalue weighted by Gasteiger charge is 2.31. The lowest BCUT2D eigenvalue weighted by molar-refractivity contribution is -0.155. The predicted octanol–water partition coefficient (Wildman–Crippen LogP) is 0.681. The van der Waals surface area contributed by atoms with E-state index in [4.69, 9.17) is 10.5 Å². The number of aromatic nitrogens is 1. The van der Waals surface area contributed by atoms with Gasteiger partial charge in [-0.25, -0.2) is 9.78 Å². The number of hydrogen-bond acceptors (Lipinski definition) is 7. The molecule has 0 radical (unpaired) electrons. The molecule has 0 unspecified atom stereocenters. The number of hydrogen-bond donors (Lipinski definition) is 2. The van der Waals surface area contributed by atoms with Gasteiger partial charge in [0.05, 0.1) is 11.3 Å². The van der Waals surface area contributed by atoms with Crippen molar-refractivity contribution < 1.29 is 23.9 Å². The van der Waals surface area contributed by atoms with Gasteiger partial charge in [-0.1, -0.05) is 11.8 Å². The molecular formula is C17H22N4O5S. The summed E-state index contributed by atoms with van der Waals surface area (Å²) in [6.45, 7) is 7.43. The number of pyridine rings is 1. The lowest BCUT2D eigenvalue weighted by atomic mass is 10.0. The van der Waals surface area contributed by atoms with Gasteiger partial charge in [-0.2, -0.15) is 0 Å². The molecule has 0 spiro atoms. The van der Waals surface area contributed by atoms with E-state index in [9.17, 15) is 19.2 Å². The highest BCUT2D eigenvalue weighted by molar-refractivity contribution is 8.00. The molecule has 1 aromatic rings. The molecule has 2 heterocycles. The Labute approximate surface area is 161 Å². The molecule has 3 N–H and O–H groups in total. The van der Waals surface area contributed by atoms with Crippen LogP contribution in [-0.4, -0.2) is 58.6 Å². The van der Waals surface area contributed by atoms with E-state index >= 15 is 0 Å². The monoisotopic (exact) mass is 394 g/mol. The molecule has 1 atom stereocenters. The quantitative estimate of drug-likeness (QED) is 0.536. The molecule has 0 aliphatic carbocycles. The number of aryl methyl sites for hydroxylation is 1. The molecule has 1 aliphatic rings. The van der Waals surface area contributed by atoms with Gasteiger partial charge in [0.25, 0.3) is 11.8 Å². The molecular weight excluding hydrogens is 372 g/mol. The molecule has 1 fully saturated rings. The first-order chi connectivity index (χ1) is 12.6. The minimum Gasteiger partial charge on any atom is -0.452 e. The van der Waals surface area contributed by atoms with Gasteiger partial charge in [-0.3, -0.25) is 19.3 Å². The number of primary amides is 1. The fourth-order valence-corrected chi connectivity index (χ4v) is 3.54. The molecule has 0 aromatic carbocycles. The normalized spacial score (nSPS) is 14.7. The van der Waals surface area contributed by atoms with Crippen LogP contribution in [0.25, 0.3) is 0 Å². The van der Waals surface area contributed by atoms with Gasteiger partial charge in [-0.15, -0.1) is 0 Å². The standard InChI is InChI=1S/C17H22N4O5S/c1-8-9(2)13(14(18)23)15(20-10(8)3)27-7-12(22)26-11(4)16(24)21-6-5-19-17(21)25/h11H,5-7H2,1-4H3,(H2,18,23)(H,19,25)/t11-/m0/s1. The molecule has 2 rings (SSSR count). The maximum Gasteiger partial charge on any atom is 0.324 e. The Morgan fingerprint density at radius 3 is 2.52 bits per heavy atom. The minimum absolute atomic E-state index is 0.154. The second-order valence-electron chi connectivity index (χ2n) is 6.13. The Morgan fingerprint density at radius 2 is 1.96 bits per heavy atom. The van der Waals surface area contributed by atoms with Gasteiger partial charge < -0.3 is 15.8 Å². The van der Waals surface area contributed by atoms with E-state index in [1.807, 2.05) is 6.92 Å². The van der Waals surface area contributed by atoms with Crippen molar-refractivity contribution in [1.29, 1.82) is 0 Å². The summed E-state index contributed by atoms with van der Waals surface area (Å²) in [6, 6.07) is -0.502. The summed E-state index contributed by atoms with van der Waals surface area (Å²) in [4.78, 5) is 52.8. The first-order valence-electron chi connectivity index (χ1n) is 8.32. The fraction of sp³-hybridized carbons (Fsp3) is 0.471. The molecule has 1 saturated heterocycles. The van der Waals surface area contributed by atoms with Crippen LogP contribution >= 0.6 is 11.8 Å². The van der Waals surface area contributed by atoms with Gasteiger partial charge in [0.1, 0.15) is 5.03 Å². The molecule has 9 nitrogen and oxygen atoms in total. The van der Waals surface area contributed by atoms with Crippen molar-refractivity contribution >= 4 is 35.6 Å². The molecule has 1 aliphatic heterocycles. The zero-order valence-electron chi connectivity index (χ0n) is 15.6. The zero-order chi connectivity index (χ0) is 20.3. The number of carbonyl (C=O) groups excluding carboxylic acids is 4. The van der Waals surface area contributed by atoms with E-state index in [-0.39, 0.29) is 17.9 Å². The Kier molecular flexibility index (Phi) is 6.42. The molecule has 27 heavy (non-hydrogen) atoms. The van der Waals surface area contributed by atoms with Gasteiger partial charge in [0.15, 0.2) is 6.10 Å². The van der Waals surface area contributed by atoms with Crippen LogP contribution in [0.15, 0.2) is 5.03 Å². The highest BCUT2D eigenvalue weighted by atomic mass is 32.2. The smallest absolute Gasteiger partial charge is 0.324 e. The van der Waals surface area contributed by atoms with Crippen molar-refractivity contribution in [3.63, 3.8) is 0 Å². The second kappa shape index (κ2) is 8.38. The van der Waals surface area contributed by atoms with Crippen molar-refractivity contribution in [3.05, 3.63) is 22.4 Å². The third-order valence-electron chi connectivity index (χ3n) is 4.32. The average molecular weight is 394 g/mol. The number of rotatable bonds is 6. The largest absolute Gasteiger partial charge is 0.452 e. The van der Waals surface area contributed by atoms with E-state index in [2.05, 4.69) is 10.3 Å². The summed E-state index contributed by atoms with van der Waals surface area (Å²) in [6.07, 6.45) is -1.09. The number of nitrogens with zero attached hydrogens (tertiary/aromatic N) is 2. The van der Waals surface area contributed by atoms with Crippen LogP contribution in [0, 0.1) is 20.8 Å². The van der Waals surface area contributed by atoms with Crippen molar-refractivity contribution in [1.82, 2.24) is 15.2 Å². The number of nitrogens with two attached hydrogens (primary N) is 1. The van der Waals surface area contributed by atoms with Crippen LogP contribution < -0.4 is 11.1 Å². The van der Waals surface area contributed by atoms with E-state index < -0.39 is 29.9 Å². The third kappa shape index (κ3) is 4.57. The summed E-state index contributed by atoms with van der Waals surface area (Å²) in [5, 5.41) is 2.85. The number of ether oxygens (including phenoxy) is 1. The van der Waals surface area contributed by atoms with E-state index in [1.54, 1.807) is 13.8 Å².